The van der Waals surface area contributed by atoms with Gasteiger partial charge in [0.15, 0.2) is 11.9 Å². The van der Waals surface area contributed by atoms with Crippen molar-refractivity contribution in [2.75, 3.05) is 5.32 Å². The quantitative estimate of drug-likeness (QED) is 0.314. The minimum absolute atomic E-state index is 0.0838. The fourth-order valence-corrected chi connectivity index (χ4v) is 3.81. The molecule has 32 heavy (non-hydrogen) atoms. The molecular formula is C26H22BrNO4. The molecule has 0 aliphatic rings. The van der Waals surface area contributed by atoms with Gasteiger partial charge in [-0.05, 0) is 80.4 Å². The van der Waals surface area contributed by atoms with Gasteiger partial charge in [-0.2, -0.15) is 0 Å². The van der Waals surface area contributed by atoms with E-state index in [2.05, 4.69) is 21.2 Å². The lowest BCUT2D eigenvalue weighted by molar-refractivity contribution is -0.122. The lowest BCUT2D eigenvalue weighted by Crippen LogP contribution is -2.30. The van der Waals surface area contributed by atoms with Gasteiger partial charge in [0.1, 0.15) is 11.3 Å². The summed E-state index contributed by atoms with van der Waals surface area (Å²) in [4.78, 5) is 26.2. The number of para-hydroxylation sites is 1. The van der Waals surface area contributed by atoms with Crippen molar-refractivity contribution in [2.45, 2.75) is 26.9 Å². The van der Waals surface area contributed by atoms with E-state index < -0.39 is 6.10 Å². The van der Waals surface area contributed by atoms with Gasteiger partial charge in [0.2, 0.25) is 5.78 Å². The summed E-state index contributed by atoms with van der Waals surface area (Å²) >= 11 is 3.37. The molecule has 5 nitrogen and oxygen atoms in total. The molecule has 0 aliphatic heterocycles. The third-order valence-corrected chi connectivity index (χ3v) is 5.56. The van der Waals surface area contributed by atoms with Crippen molar-refractivity contribution in [3.63, 3.8) is 0 Å². The lowest BCUT2D eigenvalue weighted by Gasteiger charge is -2.16. The minimum Gasteiger partial charge on any atom is -0.481 e. The van der Waals surface area contributed by atoms with Crippen LogP contribution in [-0.4, -0.2) is 17.8 Å². The van der Waals surface area contributed by atoms with Crippen molar-refractivity contribution < 1.29 is 18.7 Å². The number of fused-ring (bicyclic) bond motifs is 1. The first-order valence-electron chi connectivity index (χ1n) is 10.2. The number of carbonyl (C=O) groups excluding carboxylic acids is 2. The van der Waals surface area contributed by atoms with Crippen molar-refractivity contribution in [2.24, 2.45) is 0 Å². The number of rotatable bonds is 6. The molecule has 0 saturated heterocycles. The molecule has 0 spiro atoms. The minimum atomic E-state index is -0.777. The second-order valence-electron chi connectivity index (χ2n) is 7.71. The number of ether oxygens (including phenoxy) is 1. The Morgan fingerprint density at radius 3 is 2.31 bits per heavy atom. The number of aryl methyl sites for hydroxylation is 2. The fraction of sp³-hybridized carbons (Fsp3) is 0.154. The Labute approximate surface area is 194 Å². The fourth-order valence-electron chi connectivity index (χ4n) is 3.55. The van der Waals surface area contributed by atoms with Gasteiger partial charge in [0, 0.05) is 15.4 Å². The van der Waals surface area contributed by atoms with Gasteiger partial charge in [0.05, 0.1) is 5.69 Å². The van der Waals surface area contributed by atoms with Crippen LogP contribution in [0, 0.1) is 13.8 Å². The smallest absolute Gasteiger partial charge is 0.265 e. The van der Waals surface area contributed by atoms with Gasteiger partial charge in [-0.15, -0.1) is 0 Å². The maximum Gasteiger partial charge on any atom is 0.265 e. The summed E-state index contributed by atoms with van der Waals surface area (Å²) in [6.45, 7) is 5.62. The van der Waals surface area contributed by atoms with Gasteiger partial charge in [-0.3, -0.25) is 9.59 Å². The van der Waals surface area contributed by atoms with E-state index in [0.29, 0.717) is 28.0 Å². The molecule has 0 bridgehead atoms. The van der Waals surface area contributed by atoms with E-state index in [1.807, 2.05) is 50.2 Å². The number of ketones is 1. The van der Waals surface area contributed by atoms with Crippen molar-refractivity contribution in [1.82, 2.24) is 0 Å². The van der Waals surface area contributed by atoms with Crippen molar-refractivity contribution >= 4 is 44.3 Å². The van der Waals surface area contributed by atoms with E-state index in [-0.39, 0.29) is 17.5 Å². The highest BCUT2D eigenvalue weighted by Crippen LogP contribution is 2.33. The zero-order valence-corrected chi connectivity index (χ0v) is 19.5. The average Bonchev–Trinajstić information content (AvgIpc) is 3.11. The van der Waals surface area contributed by atoms with Crippen LogP contribution in [-0.2, 0) is 4.79 Å². The summed E-state index contributed by atoms with van der Waals surface area (Å²) in [5.41, 5.74) is 3.43. The Morgan fingerprint density at radius 1 is 0.969 bits per heavy atom. The summed E-state index contributed by atoms with van der Waals surface area (Å²) in [5.74, 6) is 0.0151. The number of halogens is 1. The van der Waals surface area contributed by atoms with E-state index in [4.69, 9.17) is 9.15 Å². The van der Waals surface area contributed by atoms with E-state index in [1.165, 1.54) is 0 Å². The largest absolute Gasteiger partial charge is 0.481 e. The van der Waals surface area contributed by atoms with Gasteiger partial charge in [-0.25, -0.2) is 0 Å². The molecule has 1 atom stereocenters. The summed E-state index contributed by atoms with van der Waals surface area (Å²) in [5, 5.41) is 3.51. The van der Waals surface area contributed by atoms with Gasteiger partial charge >= 0.3 is 0 Å². The molecule has 6 heteroatoms. The van der Waals surface area contributed by atoms with Crippen LogP contribution in [0.2, 0.25) is 0 Å². The van der Waals surface area contributed by atoms with Crippen molar-refractivity contribution in [3.05, 3.63) is 93.7 Å². The summed E-state index contributed by atoms with van der Waals surface area (Å²) in [7, 11) is 0. The third-order valence-electron chi connectivity index (χ3n) is 5.03. The first-order valence-corrected chi connectivity index (χ1v) is 11.0. The van der Waals surface area contributed by atoms with E-state index >= 15 is 0 Å². The Morgan fingerprint density at radius 2 is 1.62 bits per heavy atom. The molecule has 0 aliphatic carbocycles. The predicted octanol–water partition coefficient (Wildman–Crippen LogP) is 6.45. The van der Waals surface area contributed by atoms with E-state index in [1.54, 1.807) is 37.3 Å². The number of amides is 1. The maximum absolute atomic E-state index is 13.2. The van der Waals surface area contributed by atoms with Gasteiger partial charge in [-0.1, -0.05) is 34.1 Å². The summed E-state index contributed by atoms with van der Waals surface area (Å²) in [6, 6.07) is 20.0. The van der Waals surface area contributed by atoms with Crippen molar-refractivity contribution in [3.8, 4) is 5.75 Å². The lowest BCUT2D eigenvalue weighted by atomic mass is 10.1. The van der Waals surface area contributed by atoms with Crippen LogP contribution in [0.15, 0.2) is 75.6 Å². The molecule has 0 fully saturated rings. The SMILES string of the molecule is Cc1cc(C)cc(O[C@@H](C)C(=O)Nc2c(C(=O)c3ccc(Br)cc3)oc3ccccc23)c1. The van der Waals surface area contributed by atoms with Crippen LogP contribution in [0.4, 0.5) is 5.69 Å². The van der Waals surface area contributed by atoms with Crippen LogP contribution >= 0.6 is 15.9 Å². The highest BCUT2D eigenvalue weighted by Gasteiger charge is 2.25. The molecule has 162 valence electrons. The van der Waals surface area contributed by atoms with Crippen LogP contribution in [0.5, 0.6) is 5.75 Å². The number of benzene rings is 3. The molecule has 1 aromatic heterocycles. The Balaban J connectivity index is 1.64. The maximum atomic E-state index is 13.2. The number of hydrogen-bond donors (Lipinski definition) is 1. The standard InChI is InChI=1S/C26H22BrNO4/c1-15-12-16(2)14-20(13-15)31-17(3)26(30)28-23-21-6-4-5-7-22(21)32-25(23)24(29)18-8-10-19(27)11-9-18/h4-14,17H,1-3H3,(H,28,30)/t17-/m0/s1. The van der Waals surface area contributed by atoms with Crippen LogP contribution in [0.25, 0.3) is 11.0 Å². The number of nitrogens with one attached hydrogen (secondary N) is 1. The molecule has 0 unspecified atom stereocenters. The second-order valence-corrected chi connectivity index (χ2v) is 8.63. The first kappa shape index (κ1) is 21.8. The molecule has 0 saturated carbocycles. The Hall–Kier alpha value is -3.38. The molecule has 1 amide bonds. The van der Waals surface area contributed by atoms with E-state index in [9.17, 15) is 9.59 Å². The average molecular weight is 492 g/mol. The van der Waals surface area contributed by atoms with Gasteiger partial charge < -0.3 is 14.5 Å². The Bertz CT molecular complexity index is 1290. The highest BCUT2D eigenvalue weighted by molar-refractivity contribution is 9.10. The van der Waals surface area contributed by atoms with Gasteiger partial charge in [0.25, 0.3) is 5.91 Å². The molecule has 0 radical (unpaired) electrons. The number of anilines is 1. The summed E-state index contributed by atoms with van der Waals surface area (Å²) < 4.78 is 12.6. The zero-order valence-electron chi connectivity index (χ0n) is 17.9. The predicted molar refractivity (Wildman–Crippen MR) is 128 cm³/mol. The van der Waals surface area contributed by atoms with Crippen LogP contribution in [0.3, 0.4) is 0 Å². The highest BCUT2D eigenvalue weighted by atomic mass is 79.9. The summed E-state index contributed by atoms with van der Waals surface area (Å²) in [6.07, 6.45) is -0.777. The number of hydrogen-bond acceptors (Lipinski definition) is 4. The normalized spacial score (nSPS) is 11.9. The van der Waals surface area contributed by atoms with Crippen LogP contribution in [0.1, 0.15) is 34.2 Å². The number of carbonyl (C=O) groups is 2. The monoisotopic (exact) mass is 491 g/mol. The first-order chi connectivity index (χ1) is 15.3. The molecule has 4 aromatic rings. The zero-order chi connectivity index (χ0) is 22.8. The molecular weight excluding hydrogens is 470 g/mol. The molecule has 3 aromatic carbocycles. The van der Waals surface area contributed by atoms with Crippen molar-refractivity contribution in [1.29, 1.82) is 0 Å². The molecule has 4 rings (SSSR count). The molecule has 1 heterocycles. The molecule has 1 N–H and O–H groups in total. The number of furan rings is 1. The van der Waals surface area contributed by atoms with Crippen LogP contribution < -0.4 is 10.1 Å². The third kappa shape index (κ3) is 4.60. The Kier molecular flexibility index (Phi) is 6.15. The second kappa shape index (κ2) is 9.01. The topological polar surface area (TPSA) is 68.5 Å². The van der Waals surface area contributed by atoms with E-state index in [0.717, 1.165) is 15.6 Å².